The first kappa shape index (κ1) is 21.9. The minimum Gasteiger partial charge on any atom is -0.481 e. The van der Waals surface area contributed by atoms with E-state index in [0.717, 1.165) is 4.90 Å². The van der Waals surface area contributed by atoms with Gasteiger partial charge in [0, 0.05) is 5.02 Å². The van der Waals surface area contributed by atoms with Crippen molar-refractivity contribution in [3.63, 3.8) is 0 Å². The Balaban J connectivity index is 3.39. The van der Waals surface area contributed by atoms with Crippen molar-refractivity contribution in [3.05, 3.63) is 34.9 Å². The predicted octanol–water partition coefficient (Wildman–Crippen LogP) is 3.21. The molecule has 1 aromatic rings. The van der Waals surface area contributed by atoms with Crippen LogP contribution in [0.1, 0.15) is 45.7 Å². The molecule has 26 heavy (non-hydrogen) atoms. The number of aliphatic carboxylic acids is 1. The molecule has 3 N–H and O–H groups in total. The van der Waals surface area contributed by atoms with Crippen LogP contribution in [0.25, 0.3) is 0 Å². The van der Waals surface area contributed by atoms with Crippen molar-refractivity contribution < 1.29 is 24.2 Å². The molecule has 0 spiro atoms. The topological polar surface area (TPSA) is 110 Å². The number of amides is 2. The largest absolute Gasteiger partial charge is 0.481 e. The predicted molar refractivity (Wildman–Crippen MR) is 97.7 cm³/mol. The van der Waals surface area contributed by atoms with Crippen LogP contribution in [-0.4, -0.2) is 40.1 Å². The van der Waals surface area contributed by atoms with Crippen molar-refractivity contribution in [3.8, 4) is 0 Å². The molecule has 2 atom stereocenters. The number of carbonyl (C=O) groups is 3. The Morgan fingerprint density at radius 1 is 1.15 bits per heavy atom. The molecule has 0 bridgehead atoms. The molecule has 0 unspecified atom stereocenters. The van der Waals surface area contributed by atoms with Gasteiger partial charge in [0.2, 0.25) is 5.91 Å². The number of carbonyl (C=O) groups excluding carboxylic acids is 2. The van der Waals surface area contributed by atoms with Crippen molar-refractivity contribution >= 4 is 29.6 Å². The summed E-state index contributed by atoms with van der Waals surface area (Å²) in [5, 5.41) is 9.74. The van der Waals surface area contributed by atoms with Crippen LogP contribution in [0.2, 0.25) is 5.02 Å². The lowest BCUT2D eigenvalue weighted by molar-refractivity contribution is -0.140. The summed E-state index contributed by atoms with van der Waals surface area (Å²) in [7, 11) is 0. The van der Waals surface area contributed by atoms with E-state index in [9.17, 15) is 19.5 Å². The molecule has 0 saturated carbocycles. The number of benzene rings is 1. The van der Waals surface area contributed by atoms with Gasteiger partial charge in [-0.05, 0) is 37.5 Å². The number of nitrogens with zero attached hydrogens (tertiary/aromatic N) is 1. The Morgan fingerprint density at radius 3 is 2.12 bits per heavy atom. The van der Waals surface area contributed by atoms with Crippen LogP contribution < -0.4 is 5.73 Å². The summed E-state index contributed by atoms with van der Waals surface area (Å²) in [6.45, 7) is 6.75. The summed E-state index contributed by atoms with van der Waals surface area (Å²) in [4.78, 5) is 37.6. The van der Waals surface area contributed by atoms with Gasteiger partial charge in [-0.25, -0.2) is 9.69 Å². The number of carboxylic acid groups (broad SMARTS) is 1. The number of ether oxygens (including phenoxy) is 1. The molecule has 0 aliphatic carbocycles. The first-order chi connectivity index (χ1) is 12.0. The Kier molecular flexibility index (Phi) is 8.05. The number of rotatable bonds is 7. The van der Waals surface area contributed by atoms with E-state index in [-0.39, 0.29) is 5.92 Å². The zero-order valence-corrected chi connectivity index (χ0v) is 16.1. The Labute approximate surface area is 158 Å². The summed E-state index contributed by atoms with van der Waals surface area (Å²) < 4.78 is 5.16. The van der Waals surface area contributed by atoms with Crippen LogP contribution in [0.4, 0.5) is 4.79 Å². The number of hydrogen-bond acceptors (Lipinski definition) is 5. The third kappa shape index (κ3) is 6.00. The second-order valence-electron chi connectivity index (χ2n) is 6.58. The molecule has 0 aromatic heterocycles. The number of carboxylic acids is 1. The second kappa shape index (κ2) is 9.54. The first-order valence-corrected chi connectivity index (χ1v) is 8.68. The summed E-state index contributed by atoms with van der Waals surface area (Å²) >= 11 is 5.88. The maximum atomic E-state index is 12.9. The van der Waals surface area contributed by atoms with E-state index in [1.54, 1.807) is 52.0 Å². The molecule has 0 heterocycles. The molecule has 1 rings (SSSR count). The standard InChI is InChI=1S/C18H25ClN2O5/c1-10(2)16(20)17(24)21(18(25)26-11(3)4)14(9-15(22)23)12-5-7-13(19)8-6-12/h5-8,10-11,14,16H,9,20H2,1-4H3,(H,22,23)/t14-,16-/m0/s1. The van der Waals surface area contributed by atoms with Gasteiger partial charge in [0.05, 0.1) is 24.6 Å². The lowest BCUT2D eigenvalue weighted by Crippen LogP contribution is -2.51. The SMILES string of the molecule is CC(C)OC(=O)N(C(=O)[C@@H](N)C(C)C)[C@@H](CC(=O)O)c1ccc(Cl)cc1. The molecule has 0 saturated heterocycles. The van der Waals surface area contributed by atoms with Gasteiger partial charge in [-0.15, -0.1) is 0 Å². The molecule has 7 nitrogen and oxygen atoms in total. The van der Waals surface area contributed by atoms with Crippen molar-refractivity contribution in [2.45, 2.75) is 52.3 Å². The van der Waals surface area contributed by atoms with E-state index < -0.39 is 42.6 Å². The van der Waals surface area contributed by atoms with Gasteiger partial charge in [-0.2, -0.15) is 0 Å². The fraction of sp³-hybridized carbons (Fsp3) is 0.500. The Morgan fingerprint density at radius 2 is 1.69 bits per heavy atom. The van der Waals surface area contributed by atoms with E-state index in [1.165, 1.54) is 0 Å². The van der Waals surface area contributed by atoms with Gasteiger partial charge in [0.1, 0.15) is 0 Å². The fourth-order valence-corrected chi connectivity index (χ4v) is 2.41. The molecule has 0 fully saturated rings. The maximum Gasteiger partial charge on any atom is 0.417 e. The zero-order chi connectivity index (χ0) is 20.0. The molecule has 2 amide bonds. The highest BCUT2D eigenvalue weighted by Crippen LogP contribution is 2.28. The van der Waals surface area contributed by atoms with Crippen molar-refractivity contribution in [1.82, 2.24) is 4.90 Å². The summed E-state index contributed by atoms with van der Waals surface area (Å²) in [5.74, 6) is -2.10. The van der Waals surface area contributed by atoms with Crippen LogP contribution >= 0.6 is 11.6 Å². The number of hydrogen-bond donors (Lipinski definition) is 2. The lowest BCUT2D eigenvalue weighted by Gasteiger charge is -2.32. The highest BCUT2D eigenvalue weighted by molar-refractivity contribution is 6.30. The summed E-state index contributed by atoms with van der Waals surface area (Å²) in [6, 6.07) is 4.22. The molecule has 8 heteroatoms. The number of nitrogens with two attached hydrogens (primary N) is 1. The first-order valence-electron chi connectivity index (χ1n) is 8.31. The highest BCUT2D eigenvalue weighted by atomic mass is 35.5. The van der Waals surface area contributed by atoms with Gasteiger partial charge in [-0.3, -0.25) is 9.59 Å². The number of halogens is 1. The lowest BCUT2D eigenvalue weighted by atomic mass is 9.98. The molecular weight excluding hydrogens is 360 g/mol. The minimum absolute atomic E-state index is 0.243. The van der Waals surface area contributed by atoms with Crippen LogP contribution in [0.5, 0.6) is 0 Å². The van der Waals surface area contributed by atoms with Crippen molar-refractivity contribution in [1.29, 1.82) is 0 Å². The normalized spacial score (nSPS) is 13.4. The van der Waals surface area contributed by atoms with Crippen LogP contribution in [0.3, 0.4) is 0 Å². The smallest absolute Gasteiger partial charge is 0.417 e. The third-order valence-electron chi connectivity index (χ3n) is 3.71. The average molecular weight is 385 g/mol. The van der Waals surface area contributed by atoms with E-state index in [1.807, 2.05) is 0 Å². The average Bonchev–Trinajstić information content (AvgIpc) is 2.52. The van der Waals surface area contributed by atoms with E-state index in [2.05, 4.69) is 0 Å². The fourth-order valence-electron chi connectivity index (χ4n) is 2.28. The third-order valence-corrected chi connectivity index (χ3v) is 3.96. The molecule has 0 aliphatic rings. The van der Waals surface area contributed by atoms with E-state index >= 15 is 0 Å². The van der Waals surface area contributed by atoms with Crippen molar-refractivity contribution in [2.24, 2.45) is 11.7 Å². The highest BCUT2D eigenvalue weighted by Gasteiger charge is 2.37. The zero-order valence-electron chi connectivity index (χ0n) is 15.3. The second-order valence-corrected chi connectivity index (χ2v) is 7.01. The number of imide groups is 1. The summed E-state index contributed by atoms with van der Waals surface area (Å²) in [5.41, 5.74) is 6.38. The molecule has 0 radical (unpaired) electrons. The van der Waals surface area contributed by atoms with Gasteiger partial charge >= 0.3 is 12.1 Å². The van der Waals surface area contributed by atoms with E-state index in [4.69, 9.17) is 22.1 Å². The maximum absolute atomic E-state index is 12.9. The molecule has 1 aromatic carbocycles. The Hall–Kier alpha value is -2.12. The summed E-state index contributed by atoms with van der Waals surface area (Å²) in [6.07, 6.45) is -1.89. The minimum atomic E-state index is -1.17. The van der Waals surface area contributed by atoms with E-state index in [0.29, 0.717) is 10.6 Å². The van der Waals surface area contributed by atoms with Gasteiger partial charge in [0.15, 0.2) is 0 Å². The van der Waals surface area contributed by atoms with Crippen molar-refractivity contribution in [2.75, 3.05) is 0 Å². The monoisotopic (exact) mass is 384 g/mol. The Bertz CT molecular complexity index is 645. The molecule has 144 valence electrons. The van der Waals surface area contributed by atoms with Crippen LogP contribution in [0.15, 0.2) is 24.3 Å². The molecular formula is C18H25ClN2O5. The quantitative estimate of drug-likeness (QED) is 0.746. The molecule has 0 aliphatic heterocycles. The van der Waals surface area contributed by atoms with Gasteiger partial charge < -0.3 is 15.6 Å². The van der Waals surface area contributed by atoms with Crippen LogP contribution in [-0.2, 0) is 14.3 Å². The van der Waals surface area contributed by atoms with Gasteiger partial charge in [0.25, 0.3) is 0 Å². The van der Waals surface area contributed by atoms with Crippen LogP contribution in [0, 0.1) is 5.92 Å². The van der Waals surface area contributed by atoms with Gasteiger partial charge in [-0.1, -0.05) is 37.6 Å².